The van der Waals surface area contributed by atoms with Crippen LogP contribution < -0.4 is 31.5 Å². The molecule has 1 saturated heterocycles. The molecule has 0 radical (unpaired) electrons. The Hall–Kier alpha value is -9.24. The molecule has 0 saturated carbocycles. The number of fused-ring (bicyclic) bond motifs is 1. The van der Waals surface area contributed by atoms with Gasteiger partial charge in [-0.25, -0.2) is 19.3 Å². The maximum Gasteiger partial charge on any atom is 0.341 e. The van der Waals surface area contributed by atoms with E-state index in [2.05, 4.69) is 68.2 Å². The van der Waals surface area contributed by atoms with Crippen molar-refractivity contribution < 1.29 is 54.5 Å². The van der Waals surface area contributed by atoms with Crippen LogP contribution in [0.5, 0.6) is 5.75 Å². The number of esters is 1. The second-order valence-electron chi connectivity index (χ2n) is 18.9. The van der Waals surface area contributed by atoms with Gasteiger partial charge in [0.2, 0.25) is 5.91 Å². The van der Waals surface area contributed by atoms with E-state index in [1.807, 2.05) is 48.2 Å². The van der Waals surface area contributed by atoms with Crippen LogP contribution in [-0.2, 0) is 21.0 Å². The molecule has 1 aliphatic rings. The third-order valence-corrected chi connectivity index (χ3v) is 13.8. The fourth-order valence-electron chi connectivity index (χ4n) is 8.97. The van der Waals surface area contributed by atoms with Gasteiger partial charge in [-0.3, -0.25) is 15.0 Å². The molecule has 2 heterocycles. The Morgan fingerprint density at radius 3 is 2.08 bits per heavy atom. The van der Waals surface area contributed by atoms with E-state index in [0.29, 0.717) is 80.0 Å². The third kappa shape index (κ3) is 16.7. The second kappa shape index (κ2) is 29.5. The van der Waals surface area contributed by atoms with Crippen LogP contribution >= 0.6 is 11.3 Å². The number of carbonyl (C=O) groups is 4. The number of aliphatic hydroxyl groups is 2. The molecule has 8 rings (SSSR count). The van der Waals surface area contributed by atoms with E-state index >= 15 is 0 Å². The standard InChI is InChI=1S/C38H39N9O7.C20H26N4O4S/c1-23-18-25-4-7-28(40-27-5-2-24(3-6-27)37(50)51)20-31(25)36(49)35(23)45-43-30-8-10-32(33(21-30)41-38(39)52)44-42-29-9-11-34(26(19-29)22-54-53)47-14-12-46(13-15-47)16-17-48;1-5-8-24(9-10-25)15-6-7-17(18(12-15)21-14(3)26)22-23-19-16(20(27)28-4)11-13(2)29-19/h2-11,18-21,40,48-49,53H,12-17,22H2,1H3,(H,50,51)(H3,39,41,52);6-7,11-12,25H,5,8-10H2,1-4H3,(H,21,26). The summed E-state index contributed by atoms with van der Waals surface area (Å²) >= 11 is 1.33. The van der Waals surface area contributed by atoms with E-state index in [-0.39, 0.29) is 48.4 Å². The molecule has 6 aromatic carbocycles. The number of azo groups is 3. The number of nitrogens with two attached hydrogens (primary N) is 1. The Morgan fingerprint density at radius 1 is 0.747 bits per heavy atom. The number of aryl methyl sites for hydroxylation is 2. The number of anilines is 6. The van der Waals surface area contributed by atoms with Crippen LogP contribution in [-0.4, -0.2) is 121 Å². The van der Waals surface area contributed by atoms with Crippen LogP contribution in [0.4, 0.5) is 72.4 Å². The number of primary amides is 1. The Bertz CT molecular complexity index is 3520. The van der Waals surface area contributed by atoms with Crippen molar-refractivity contribution in [2.45, 2.75) is 40.7 Å². The molecule has 0 atom stereocenters. The lowest BCUT2D eigenvalue weighted by Crippen LogP contribution is -2.47. The number of rotatable bonds is 22. The molecule has 0 bridgehead atoms. The average Bonchev–Trinajstić information content (AvgIpc) is 4.05. The number of carboxylic acid groups (broad SMARTS) is 1. The number of hydrogen-bond acceptors (Lipinski definition) is 21. The summed E-state index contributed by atoms with van der Waals surface area (Å²) < 4.78 is 4.79. The Morgan fingerprint density at radius 2 is 1.42 bits per heavy atom. The highest BCUT2D eigenvalue weighted by Crippen LogP contribution is 2.42. The predicted octanol–water partition coefficient (Wildman–Crippen LogP) is 12.1. The van der Waals surface area contributed by atoms with Gasteiger partial charge in [0.05, 0.1) is 54.2 Å². The summed E-state index contributed by atoms with van der Waals surface area (Å²) in [5.41, 5.74) is 13.0. The van der Waals surface area contributed by atoms with Crippen molar-refractivity contribution in [1.82, 2.24) is 4.90 Å². The minimum Gasteiger partial charge on any atom is -0.505 e. The van der Waals surface area contributed by atoms with Gasteiger partial charge in [0.25, 0.3) is 0 Å². The number of methoxy groups -OCH3 is 1. The first-order valence-electron chi connectivity index (χ1n) is 26.3. The Labute approximate surface area is 482 Å². The molecule has 24 nitrogen and oxygen atoms in total. The maximum absolute atomic E-state index is 11.9. The average molecular weight is 1150 g/mol. The van der Waals surface area contributed by atoms with E-state index in [1.165, 1.54) is 43.6 Å². The van der Waals surface area contributed by atoms with Crippen LogP contribution in [0.2, 0.25) is 0 Å². The number of hydrogen-bond donors (Lipinski definition) is 9. The van der Waals surface area contributed by atoms with Crippen molar-refractivity contribution in [2.24, 2.45) is 36.4 Å². The van der Waals surface area contributed by atoms with Crippen LogP contribution in [0.15, 0.2) is 140 Å². The number of aromatic carboxylic acids is 1. The number of aromatic hydroxyl groups is 1. The van der Waals surface area contributed by atoms with Crippen LogP contribution in [0, 0.1) is 13.8 Å². The first-order valence-corrected chi connectivity index (χ1v) is 27.1. The lowest BCUT2D eigenvalue weighted by atomic mass is 10.0. The number of phenols is 1. The highest BCUT2D eigenvalue weighted by molar-refractivity contribution is 7.16. The van der Waals surface area contributed by atoms with Crippen molar-refractivity contribution in [3.8, 4) is 5.75 Å². The highest BCUT2D eigenvalue weighted by Gasteiger charge is 2.21. The smallest absolute Gasteiger partial charge is 0.341 e. The number of urea groups is 1. The molecule has 0 unspecified atom stereocenters. The summed E-state index contributed by atoms with van der Waals surface area (Å²) in [4.78, 5) is 58.5. The first kappa shape index (κ1) is 61.4. The molecule has 434 valence electrons. The SMILES string of the molecule is CCCN(CCO)c1ccc(N=Nc2sc(C)cc2C(=O)OC)c(NC(C)=O)c1.Cc1cc2ccc(Nc3ccc(C(=O)O)cc3)cc2c(O)c1N=Nc1ccc(N=Nc2ccc(N3CCN(CCO)CC3)c(COO)c2)c(NC(N)=O)c1. The third-order valence-electron chi connectivity index (χ3n) is 12.9. The quantitative estimate of drug-likeness (QED) is 0.0132. The van der Waals surface area contributed by atoms with Crippen molar-refractivity contribution in [1.29, 1.82) is 0 Å². The molecule has 1 fully saturated rings. The number of carboxylic acids is 1. The number of phenolic OH excluding ortho intramolecular Hbond substituents is 1. The molecule has 3 amide bonds. The fourth-order valence-corrected chi connectivity index (χ4v) is 9.78. The fraction of sp³-hybridized carbons (Fsp3) is 0.276. The van der Waals surface area contributed by atoms with Crippen molar-refractivity contribution in [2.75, 3.05) is 91.9 Å². The van der Waals surface area contributed by atoms with E-state index in [9.17, 15) is 39.8 Å². The Kier molecular flexibility index (Phi) is 21.8. The van der Waals surface area contributed by atoms with E-state index < -0.39 is 18.0 Å². The monoisotopic (exact) mass is 1150 g/mol. The number of nitrogens with one attached hydrogen (secondary N) is 3. The number of nitrogens with zero attached hydrogens (tertiary/aromatic N) is 9. The number of carbonyl (C=O) groups excluding carboxylic acids is 3. The topological polar surface area (TPSA) is 334 Å². The molecule has 25 heteroatoms. The second-order valence-corrected chi connectivity index (χ2v) is 20.2. The largest absolute Gasteiger partial charge is 0.505 e. The molecule has 83 heavy (non-hydrogen) atoms. The van der Waals surface area contributed by atoms with Gasteiger partial charge >= 0.3 is 18.0 Å². The molecule has 1 aliphatic heterocycles. The van der Waals surface area contributed by atoms with Gasteiger partial charge in [-0.1, -0.05) is 13.0 Å². The lowest BCUT2D eigenvalue weighted by molar-refractivity contribution is -0.252. The zero-order valence-electron chi connectivity index (χ0n) is 46.4. The van der Waals surface area contributed by atoms with Gasteiger partial charge in [0.1, 0.15) is 23.7 Å². The summed E-state index contributed by atoms with van der Waals surface area (Å²) in [5.74, 6) is -1.80. The van der Waals surface area contributed by atoms with E-state index in [4.69, 9.17) is 15.6 Å². The zero-order chi connectivity index (χ0) is 59.6. The number of amides is 3. The summed E-state index contributed by atoms with van der Waals surface area (Å²) in [5, 5.41) is 84.4. The zero-order valence-corrected chi connectivity index (χ0v) is 47.2. The first-order chi connectivity index (χ1) is 40.0. The van der Waals surface area contributed by atoms with Gasteiger partial charge in [-0.2, -0.15) is 10.2 Å². The number of benzene rings is 6. The number of piperazine rings is 1. The Balaban J connectivity index is 0.000000288. The summed E-state index contributed by atoms with van der Waals surface area (Å²) in [6.07, 6.45) is 0.922. The van der Waals surface area contributed by atoms with Gasteiger partial charge in [-0.05, 0) is 134 Å². The number of β-amino-alcohol motifs (C(OH)–C–C–N with tert-alkyl or cyclic N) is 1. The number of ether oxygens (including phenoxy) is 1. The van der Waals surface area contributed by atoms with Gasteiger partial charge in [-0.15, -0.1) is 31.8 Å². The molecular weight excluding hydrogens is 1090 g/mol. The minimum absolute atomic E-state index is 0.0327. The van der Waals surface area contributed by atoms with Crippen molar-refractivity contribution in [3.63, 3.8) is 0 Å². The van der Waals surface area contributed by atoms with E-state index in [1.54, 1.807) is 61.5 Å². The number of thiophene rings is 1. The molecular formula is C58H65N13O11S. The molecule has 0 spiro atoms. The summed E-state index contributed by atoms with van der Waals surface area (Å²) in [7, 11) is 1.32. The van der Waals surface area contributed by atoms with Crippen LogP contribution in [0.3, 0.4) is 0 Å². The highest BCUT2D eigenvalue weighted by atomic mass is 32.1. The normalized spacial score (nSPS) is 12.7. The van der Waals surface area contributed by atoms with E-state index in [0.717, 1.165) is 60.8 Å². The van der Waals surface area contributed by atoms with Crippen LogP contribution in [0.1, 0.15) is 57.0 Å². The van der Waals surface area contributed by atoms with Crippen LogP contribution in [0.25, 0.3) is 10.8 Å². The van der Waals surface area contributed by atoms with Gasteiger partial charge in [0, 0.05) is 91.3 Å². The lowest BCUT2D eigenvalue weighted by Gasteiger charge is -2.36. The minimum atomic E-state index is -1.01. The molecule has 7 aromatic rings. The predicted molar refractivity (Wildman–Crippen MR) is 320 cm³/mol. The van der Waals surface area contributed by atoms with Crippen molar-refractivity contribution in [3.05, 3.63) is 136 Å². The van der Waals surface area contributed by atoms with Gasteiger partial charge in [0.15, 0.2) is 10.8 Å². The molecule has 10 N–H and O–H groups in total. The molecule has 0 aliphatic carbocycles. The summed E-state index contributed by atoms with van der Waals surface area (Å²) in [6.45, 7) is 12.2. The summed E-state index contributed by atoms with van der Waals surface area (Å²) in [6, 6.07) is 30.1. The molecule has 1 aromatic heterocycles. The maximum atomic E-state index is 11.9. The number of aliphatic hydroxyl groups excluding tert-OH is 2. The van der Waals surface area contributed by atoms with Gasteiger partial charge < -0.3 is 56.6 Å². The van der Waals surface area contributed by atoms with Crippen molar-refractivity contribution >= 4 is 114 Å².